The van der Waals surface area contributed by atoms with E-state index in [1.54, 1.807) is 12.1 Å². The van der Waals surface area contributed by atoms with Gasteiger partial charge in [-0.05, 0) is 61.6 Å². The zero-order valence-electron chi connectivity index (χ0n) is 15.9. The molecule has 154 valence electrons. The highest BCUT2D eigenvalue weighted by Crippen LogP contribution is 2.28. The zero-order valence-corrected chi connectivity index (χ0v) is 17.4. The van der Waals surface area contributed by atoms with E-state index < -0.39 is 21.8 Å². The third-order valence-electron chi connectivity index (χ3n) is 4.47. The molecule has 2 amide bonds. The molecule has 0 radical (unpaired) electrons. The summed E-state index contributed by atoms with van der Waals surface area (Å²) in [5.74, 6) is -0.592. The van der Waals surface area contributed by atoms with Crippen molar-refractivity contribution in [1.82, 2.24) is 10.0 Å². The van der Waals surface area contributed by atoms with Gasteiger partial charge in [0.05, 0.1) is 22.2 Å². The number of aryl methyl sites for hydroxylation is 1. The number of rotatable bonds is 8. The molecule has 0 aromatic heterocycles. The van der Waals surface area contributed by atoms with Crippen LogP contribution in [-0.4, -0.2) is 33.3 Å². The van der Waals surface area contributed by atoms with Crippen LogP contribution in [0.2, 0.25) is 5.02 Å². The first-order valence-corrected chi connectivity index (χ1v) is 11.0. The Hall–Kier alpha value is -2.42. The second kappa shape index (κ2) is 8.94. The van der Waals surface area contributed by atoms with E-state index >= 15 is 0 Å². The summed E-state index contributed by atoms with van der Waals surface area (Å²) in [6.07, 6.45) is 2.06. The molecule has 7 nitrogen and oxygen atoms in total. The quantitative estimate of drug-likeness (QED) is 0.592. The first-order chi connectivity index (χ1) is 13.7. The monoisotopic (exact) mass is 435 g/mol. The summed E-state index contributed by atoms with van der Waals surface area (Å²) >= 11 is 6.08. The van der Waals surface area contributed by atoms with Crippen molar-refractivity contribution in [1.29, 1.82) is 0 Å². The van der Waals surface area contributed by atoms with Crippen molar-refractivity contribution in [2.45, 2.75) is 24.7 Å². The van der Waals surface area contributed by atoms with E-state index in [4.69, 9.17) is 11.6 Å². The Morgan fingerprint density at radius 1 is 1.14 bits per heavy atom. The minimum atomic E-state index is -3.68. The van der Waals surface area contributed by atoms with Crippen LogP contribution >= 0.6 is 11.6 Å². The van der Waals surface area contributed by atoms with Crippen LogP contribution in [0.25, 0.3) is 0 Å². The maximum absolute atomic E-state index is 12.3. The Morgan fingerprint density at radius 3 is 2.59 bits per heavy atom. The average molecular weight is 436 g/mol. The number of amides is 2. The minimum absolute atomic E-state index is 0.0155. The number of anilines is 1. The van der Waals surface area contributed by atoms with Gasteiger partial charge in [-0.1, -0.05) is 23.7 Å². The molecule has 1 saturated carbocycles. The molecule has 29 heavy (non-hydrogen) atoms. The van der Waals surface area contributed by atoms with Gasteiger partial charge in [-0.2, -0.15) is 0 Å². The van der Waals surface area contributed by atoms with Crippen molar-refractivity contribution in [2.75, 3.05) is 18.4 Å². The molecule has 1 fully saturated rings. The molecule has 0 spiro atoms. The van der Waals surface area contributed by atoms with Crippen LogP contribution in [0.4, 0.5) is 5.69 Å². The number of sulfonamides is 1. The highest BCUT2D eigenvalue weighted by atomic mass is 35.5. The Labute approximate surface area is 174 Å². The van der Waals surface area contributed by atoms with E-state index in [1.807, 2.05) is 13.0 Å². The van der Waals surface area contributed by atoms with Crippen LogP contribution in [0.1, 0.15) is 28.8 Å². The van der Waals surface area contributed by atoms with Crippen LogP contribution in [0, 0.1) is 12.8 Å². The maximum Gasteiger partial charge on any atom is 0.251 e. The van der Waals surface area contributed by atoms with Gasteiger partial charge in [-0.3, -0.25) is 9.59 Å². The van der Waals surface area contributed by atoms with Crippen LogP contribution in [0.5, 0.6) is 0 Å². The molecule has 3 rings (SSSR count). The molecule has 9 heteroatoms. The van der Waals surface area contributed by atoms with E-state index in [9.17, 15) is 18.0 Å². The van der Waals surface area contributed by atoms with Gasteiger partial charge in [0.25, 0.3) is 5.91 Å². The summed E-state index contributed by atoms with van der Waals surface area (Å²) in [6, 6.07) is 10.9. The van der Waals surface area contributed by atoms with Gasteiger partial charge in [0, 0.05) is 12.1 Å². The Morgan fingerprint density at radius 2 is 1.90 bits per heavy atom. The number of hydrogen-bond acceptors (Lipinski definition) is 4. The molecule has 0 atom stereocenters. The molecule has 0 heterocycles. The largest absolute Gasteiger partial charge is 0.343 e. The SMILES string of the molecule is Cc1ccc(NC(=O)CNC(=O)c2cccc(S(=O)(=O)NCC3CC3)c2)c(Cl)c1. The van der Waals surface area contributed by atoms with Gasteiger partial charge >= 0.3 is 0 Å². The fourth-order valence-electron chi connectivity index (χ4n) is 2.62. The lowest BCUT2D eigenvalue weighted by Gasteiger charge is -2.10. The minimum Gasteiger partial charge on any atom is -0.343 e. The van der Waals surface area contributed by atoms with Crippen LogP contribution < -0.4 is 15.4 Å². The maximum atomic E-state index is 12.3. The fraction of sp³-hybridized carbons (Fsp3) is 0.300. The number of carbonyl (C=O) groups is 2. The van der Waals surface area contributed by atoms with E-state index in [0.29, 0.717) is 23.2 Å². The van der Waals surface area contributed by atoms with Crippen molar-refractivity contribution in [2.24, 2.45) is 5.92 Å². The molecule has 1 aliphatic carbocycles. The van der Waals surface area contributed by atoms with Gasteiger partial charge in [0.2, 0.25) is 15.9 Å². The van der Waals surface area contributed by atoms with Crippen molar-refractivity contribution in [3.05, 3.63) is 58.6 Å². The summed E-state index contributed by atoms with van der Waals surface area (Å²) in [6.45, 7) is 2.01. The molecule has 2 aromatic carbocycles. The molecule has 3 N–H and O–H groups in total. The van der Waals surface area contributed by atoms with Crippen molar-refractivity contribution >= 4 is 39.1 Å². The Balaban J connectivity index is 1.58. The van der Waals surface area contributed by atoms with Gasteiger partial charge in [-0.25, -0.2) is 13.1 Å². The normalized spacial score (nSPS) is 13.7. The summed E-state index contributed by atoms with van der Waals surface area (Å²) in [5.41, 5.74) is 1.56. The number of hydrogen-bond donors (Lipinski definition) is 3. The molecule has 0 aliphatic heterocycles. The predicted molar refractivity (Wildman–Crippen MR) is 112 cm³/mol. The van der Waals surface area contributed by atoms with Gasteiger partial charge in [-0.15, -0.1) is 0 Å². The van der Waals surface area contributed by atoms with E-state index in [-0.39, 0.29) is 17.0 Å². The van der Waals surface area contributed by atoms with Crippen LogP contribution in [-0.2, 0) is 14.8 Å². The van der Waals surface area contributed by atoms with Crippen LogP contribution in [0.3, 0.4) is 0 Å². The highest BCUT2D eigenvalue weighted by molar-refractivity contribution is 7.89. The van der Waals surface area contributed by atoms with Gasteiger partial charge in [0.1, 0.15) is 0 Å². The smallest absolute Gasteiger partial charge is 0.251 e. The highest BCUT2D eigenvalue weighted by Gasteiger charge is 2.24. The molecule has 0 bridgehead atoms. The van der Waals surface area contributed by atoms with Gasteiger partial charge in [0.15, 0.2) is 0 Å². The van der Waals surface area contributed by atoms with Crippen molar-refractivity contribution in [3.63, 3.8) is 0 Å². The van der Waals surface area contributed by atoms with Gasteiger partial charge < -0.3 is 10.6 Å². The second-order valence-corrected chi connectivity index (χ2v) is 9.21. The van der Waals surface area contributed by atoms with E-state index in [1.165, 1.54) is 24.3 Å². The Kier molecular flexibility index (Phi) is 6.56. The summed E-state index contributed by atoms with van der Waals surface area (Å²) in [5, 5.41) is 5.50. The third kappa shape index (κ3) is 6.03. The molecule has 0 saturated heterocycles. The lowest BCUT2D eigenvalue weighted by molar-refractivity contribution is -0.115. The lowest BCUT2D eigenvalue weighted by atomic mass is 10.2. The molecule has 0 unspecified atom stereocenters. The molecule has 1 aliphatic rings. The predicted octanol–water partition coefficient (Wildman–Crippen LogP) is 2.71. The van der Waals surface area contributed by atoms with E-state index in [0.717, 1.165) is 18.4 Å². The topological polar surface area (TPSA) is 104 Å². The van der Waals surface area contributed by atoms with Crippen LogP contribution in [0.15, 0.2) is 47.4 Å². The number of halogens is 1. The second-order valence-electron chi connectivity index (χ2n) is 7.04. The first-order valence-electron chi connectivity index (χ1n) is 9.18. The summed E-state index contributed by atoms with van der Waals surface area (Å²) in [7, 11) is -3.68. The first kappa shape index (κ1) is 21.3. The number of nitrogens with one attached hydrogen (secondary N) is 3. The summed E-state index contributed by atoms with van der Waals surface area (Å²) < 4.78 is 27.2. The molecular weight excluding hydrogens is 414 g/mol. The molecular formula is C20H22ClN3O4S. The zero-order chi connectivity index (χ0) is 21.0. The van der Waals surface area contributed by atoms with Crippen molar-refractivity contribution < 1.29 is 18.0 Å². The standard InChI is InChI=1S/C20H22ClN3O4S/c1-13-5-8-18(17(21)9-13)24-19(25)12-22-20(26)15-3-2-4-16(10-15)29(27,28)23-11-14-6-7-14/h2-5,8-10,14,23H,6-7,11-12H2,1H3,(H,22,26)(H,24,25). The summed E-state index contributed by atoms with van der Waals surface area (Å²) in [4.78, 5) is 24.4. The Bertz CT molecular complexity index is 1040. The number of carbonyl (C=O) groups excluding carboxylic acids is 2. The van der Waals surface area contributed by atoms with E-state index in [2.05, 4.69) is 15.4 Å². The fourth-order valence-corrected chi connectivity index (χ4v) is 4.06. The average Bonchev–Trinajstić information content (AvgIpc) is 3.51. The number of benzene rings is 2. The van der Waals surface area contributed by atoms with Crippen molar-refractivity contribution in [3.8, 4) is 0 Å². The lowest BCUT2D eigenvalue weighted by Crippen LogP contribution is -2.33. The molecule has 2 aromatic rings. The third-order valence-corrected chi connectivity index (χ3v) is 6.21.